The van der Waals surface area contributed by atoms with E-state index in [0.717, 1.165) is 29.8 Å². The van der Waals surface area contributed by atoms with Crippen molar-refractivity contribution in [3.05, 3.63) is 41.6 Å². The lowest BCUT2D eigenvalue weighted by molar-refractivity contribution is -0.129. The number of carbonyl (C=O) groups is 1. The van der Waals surface area contributed by atoms with Gasteiger partial charge in [-0.25, -0.2) is 0 Å². The van der Waals surface area contributed by atoms with Crippen LogP contribution in [0.1, 0.15) is 31.5 Å². The SMILES string of the molecule is C[C@@H]1C(=O)[C@]2(C#N)O[C@@H]2[C@]2(C)c3nn(C)c(-c4ccccc4)c3CC[C@@H]12. The van der Waals surface area contributed by atoms with E-state index in [4.69, 9.17) is 9.84 Å². The topological polar surface area (TPSA) is 71.2 Å². The van der Waals surface area contributed by atoms with Crippen molar-refractivity contribution in [3.8, 4) is 17.3 Å². The third-order valence-electron chi connectivity index (χ3n) is 6.89. The average Bonchev–Trinajstić information content (AvgIpc) is 3.32. The van der Waals surface area contributed by atoms with Gasteiger partial charge >= 0.3 is 0 Å². The standard InChI is InChI=1S/C21H21N3O2/c1-12-15-10-9-14-16(13-7-5-4-6-8-13)24(3)23-17(14)20(15,2)19-21(11-22,26-19)18(12)25/h4-8,12,15,19H,9-10H2,1-3H3/t12-,15-,19+,20-,21-/m0/s1. The minimum atomic E-state index is -1.26. The predicted molar refractivity (Wildman–Crippen MR) is 95.2 cm³/mol. The van der Waals surface area contributed by atoms with Crippen LogP contribution in [-0.2, 0) is 28.4 Å². The molecular formula is C21H21N3O2. The number of ketones is 1. The maximum absolute atomic E-state index is 12.7. The van der Waals surface area contributed by atoms with Crippen molar-refractivity contribution in [2.24, 2.45) is 18.9 Å². The molecule has 132 valence electrons. The maximum atomic E-state index is 12.7. The van der Waals surface area contributed by atoms with E-state index in [1.54, 1.807) is 0 Å². The summed E-state index contributed by atoms with van der Waals surface area (Å²) in [4.78, 5) is 12.7. The Kier molecular flexibility index (Phi) is 2.93. The third-order valence-corrected chi connectivity index (χ3v) is 6.89. The van der Waals surface area contributed by atoms with Crippen LogP contribution in [0.4, 0.5) is 0 Å². The van der Waals surface area contributed by atoms with Crippen LogP contribution in [0.15, 0.2) is 30.3 Å². The molecule has 0 spiro atoms. The fourth-order valence-electron chi connectivity index (χ4n) is 5.60. The number of nitrogens with zero attached hydrogens (tertiary/aromatic N) is 3. The minimum absolute atomic E-state index is 0.0462. The van der Waals surface area contributed by atoms with Gasteiger partial charge in [-0.15, -0.1) is 0 Å². The number of carbonyl (C=O) groups excluding carboxylic acids is 1. The molecular weight excluding hydrogens is 326 g/mol. The lowest BCUT2D eigenvalue weighted by Gasteiger charge is -2.45. The number of nitriles is 1. The Morgan fingerprint density at radius 3 is 2.77 bits per heavy atom. The zero-order valence-electron chi connectivity index (χ0n) is 15.2. The second-order valence-corrected chi connectivity index (χ2v) is 8.09. The van der Waals surface area contributed by atoms with Gasteiger partial charge in [0.15, 0.2) is 5.78 Å². The van der Waals surface area contributed by atoms with E-state index in [9.17, 15) is 10.1 Å². The molecule has 2 fully saturated rings. The highest BCUT2D eigenvalue weighted by Crippen LogP contribution is 2.62. The summed E-state index contributed by atoms with van der Waals surface area (Å²) >= 11 is 0. The lowest BCUT2D eigenvalue weighted by Crippen LogP contribution is -2.55. The fourth-order valence-corrected chi connectivity index (χ4v) is 5.60. The molecule has 0 unspecified atom stereocenters. The van der Waals surface area contributed by atoms with Crippen molar-refractivity contribution >= 4 is 5.78 Å². The van der Waals surface area contributed by atoms with E-state index in [1.807, 2.05) is 36.9 Å². The van der Waals surface area contributed by atoms with Gasteiger partial charge in [-0.1, -0.05) is 44.2 Å². The number of aryl methyl sites for hydroxylation is 1. The van der Waals surface area contributed by atoms with Gasteiger partial charge in [-0.2, -0.15) is 10.4 Å². The fraction of sp³-hybridized carbons (Fsp3) is 0.476. The van der Waals surface area contributed by atoms with Gasteiger partial charge in [0.2, 0.25) is 5.60 Å². The van der Waals surface area contributed by atoms with Gasteiger partial charge in [0.05, 0.1) is 11.4 Å². The van der Waals surface area contributed by atoms with Crippen molar-refractivity contribution in [2.45, 2.75) is 43.8 Å². The molecule has 2 aliphatic carbocycles. The van der Waals surface area contributed by atoms with Crippen molar-refractivity contribution in [1.29, 1.82) is 5.26 Å². The normalized spacial score (nSPS) is 37.3. The number of hydrogen-bond donors (Lipinski definition) is 0. The van der Waals surface area contributed by atoms with Gasteiger partial charge < -0.3 is 4.74 Å². The first-order valence-electron chi connectivity index (χ1n) is 9.20. The first-order valence-corrected chi connectivity index (χ1v) is 9.20. The van der Waals surface area contributed by atoms with E-state index in [0.29, 0.717) is 0 Å². The number of epoxide rings is 1. The molecule has 1 saturated heterocycles. The largest absolute Gasteiger partial charge is 0.342 e. The van der Waals surface area contributed by atoms with Crippen LogP contribution < -0.4 is 0 Å². The first-order chi connectivity index (χ1) is 12.4. The Bertz CT molecular complexity index is 973. The van der Waals surface area contributed by atoms with Crippen LogP contribution in [-0.4, -0.2) is 27.3 Å². The maximum Gasteiger partial charge on any atom is 0.240 e. The summed E-state index contributed by atoms with van der Waals surface area (Å²) in [6.07, 6.45) is 1.44. The summed E-state index contributed by atoms with van der Waals surface area (Å²) in [6, 6.07) is 12.5. The smallest absolute Gasteiger partial charge is 0.240 e. The van der Waals surface area contributed by atoms with Gasteiger partial charge in [-0.3, -0.25) is 9.48 Å². The molecule has 1 aromatic carbocycles. The van der Waals surface area contributed by atoms with E-state index in [2.05, 4.69) is 25.1 Å². The summed E-state index contributed by atoms with van der Waals surface area (Å²) in [5, 5.41) is 14.6. The van der Waals surface area contributed by atoms with Crippen LogP contribution in [0.5, 0.6) is 0 Å². The molecule has 5 nitrogen and oxygen atoms in total. The molecule has 1 saturated carbocycles. The highest BCUT2D eigenvalue weighted by molar-refractivity contribution is 5.97. The molecule has 0 amide bonds. The molecule has 5 heteroatoms. The Balaban J connectivity index is 1.71. The average molecular weight is 347 g/mol. The second-order valence-electron chi connectivity index (χ2n) is 8.09. The molecule has 26 heavy (non-hydrogen) atoms. The molecule has 5 atom stereocenters. The highest BCUT2D eigenvalue weighted by Gasteiger charge is 2.77. The summed E-state index contributed by atoms with van der Waals surface area (Å²) < 4.78 is 7.77. The molecule has 2 heterocycles. The van der Waals surface area contributed by atoms with Crippen LogP contribution >= 0.6 is 0 Å². The molecule has 5 rings (SSSR count). The molecule has 0 N–H and O–H groups in total. The molecule has 2 aromatic rings. The van der Waals surface area contributed by atoms with E-state index in [1.165, 1.54) is 5.56 Å². The van der Waals surface area contributed by atoms with Gasteiger partial charge in [-0.05, 0) is 18.8 Å². The zero-order valence-corrected chi connectivity index (χ0v) is 15.2. The predicted octanol–water partition coefficient (Wildman–Crippen LogP) is 2.79. The van der Waals surface area contributed by atoms with E-state index in [-0.39, 0.29) is 23.7 Å². The Labute approximate surface area is 152 Å². The van der Waals surface area contributed by atoms with Crippen molar-refractivity contribution in [3.63, 3.8) is 0 Å². The zero-order chi connectivity index (χ0) is 18.3. The Morgan fingerprint density at radius 1 is 1.35 bits per heavy atom. The second kappa shape index (κ2) is 4.83. The van der Waals surface area contributed by atoms with Gasteiger partial charge in [0.25, 0.3) is 0 Å². The number of hydrogen-bond acceptors (Lipinski definition) is 4. The van der Waals surface area contributed by atoms with Crippen LogP contribution in [0.2, 0.25) is 0 Å². The van der Waals surface area contributed by atoms with E-state index >= 15 is 0 Å². The number of rotatable bonds is 1. The number of ether oxygens (including phenoxy) is 1. The summed E-state index contributed by atoms with van der Waals surface area (Å²) in [5.41, 5.74) is 2.87. The molecule has 1 aliphatic heterocycles. The number of aromatic nitrogens is 2. The van der Waals surface area contributed by atoms with Crippen molar-refractivity contribution in [1.82, 2.24) is 9.78 Å². The summed E-state index contributed by atoms with van der Waals surface area (Å²) in [5.74, 6) is -0.0705. The molecule has 0 radical (unpaired) electrons. The summed E-state index contributed by atoms with van der Waals surface area (Å²) in [7, 11) is 1.97. The first kappa shape index (κ1) is 15.8. The third kappa shape index (κ3) is 1.64. The van der Waals surface area contributed by atoms with Crippen LogP contribution in [0, 0.1) is 23.2 Å². The highest BCUT2D eigenvalue weighted by atomic mass is 16.6. The van der Waals surface area contributed by atoms with Crippen LogP contribution in [0.3, 0.4) is 0 Å². The Hall–Kier alpha value is -2.45. The monoisotopic (exact) mass is 347 g/mol. The number of fused-ring (bicyclic) bond motifs is 5. The van der Waals surface area contributed by atoms with Crippen molar-refractivity contribution in [2.75, 3.05) is 0 Å². The van der Waals surface area contributed by atoms with Gasteiger partial charge in [0.1, 0.15) is 12.2 Å². The number of benzene rings is 1. The van der Waals surface area contributed by atoms with Crippen molar-refractivity contribution < 1.29 is 9.53 Å². The van der Waals surface area contributed by atoms with Gasteiger partial charge in [0, 0.05) is 29.5 Å². The molecule has 3 aliphatic rings. The molecule has 1 aromatic heterocycles. The quantitative estimate of drug-likeness (QED) is 0.744. The summed E-state index contributed by atoms with van der Waals surface area (Å²) in [6.45, 7) is 4.10. The molecule has 0 bridgehead atoms. The lowest BCUT2D eigenvalue weighted by atomic mass is 9.54. The van der Waals surface area contributed by atoms with Crippen LogP contribution in [0.25, 0.3) is 11.3 Å². The minimum Gasteiger partial charge on any atom is -0.342 e. The van der Waals surface area contributed by atoms with E-state index < -0.39 is 11.0 Å². The number of Topliss-reactive ketones (excluding diaryl/α,β-unsaturated/α-hetero) is 1. The Morgan fingerprint density at radius 2 is 2.08 bits per heavy atom.